The van der Waals surface area contributed by atoms with Crippen LogP contribution >= 0.6 is 0 Å². The van der Waals surface area contributed by atoms with E-state index in [-0.39, 0.29) is 13.0 Å². The van der Waals surface area contributed by atoms with E-state index in [9.17, 15) is 19.5 Å². The summed E-state index contributed by atoms with van der Waals surface area (Å²) in [4.78, 5) is 39.0. The Hall–Kier alpha value is -3.43. The summed E-state index contributed by atoms with van der Waals surface area (Å²) in [7, 11) is 1.56. The number of primary amides is 1. The molecular formula is C26H37N5O4. The quantitative estimate of drug-likeness (QED) is 0.293. The summed E-state index contributed by atoms with van der Waals surface area (Å²) in [6, 6.07) is 16.0. The van der Waals surface area contributed by atoms with E-state index in [1.807, 2.05) is 36.4 Å². The van der Waals surface area contributed by atoms with Gasteiger partial charge in [0.15, 0.2) is 0 Å². The summed E-state index contributed by atoms with van der Waals surface area (Å²) >= 11 is 0. The van der Waals surface area contributed by atoms with Gasteiger partial charge in [-0.25, -0.2) is 4.79 Å². The molecule has 0 saturated carbocycles. The van der Waals surface area contributed by atoms with Crippen LogP contribution in [0.25, 0.3) is 0 Å². The number of amides is 4. The highest BCUT2D eigenvalue weighted by molar-refractivity contribution is 5.96. The van der Waals surface area contributed by atoms with Crippen molar-refractivity contribution in [2.24, 2.45) is 11.7 Å². The Kier molecular flexibility index (Phi) is 11.2. The van der Waals surface area contributed by atoms with Crippen LogP contribution in [0.4, 0.5) is 10.5 Å². The van der Waals surface area contributed by atoms with Crippen molar-refractivity contribution in [2.45, 2.75) is 44.9 Å². The second-order valence-corrected chi connectivity index (χ2v) is 8.99. The molecule has 0 saturated heterocycles. The maximum Gasteiger partial charge on any atom is 0.322 e. The number of nitrogens with two attached hydrogens (primary N) is 1. The third-order valence-electron chi connectivity index (χ3n) is 5.46. The number of urea groups is 1. The lowest BCUT2D eigenvalue weighted by Crippen LogP contribution is -2.57. The lowest BCUT2D eigenvalue weighted by molar-refractivity contribution is -0.128. The Morgan fingerprint density at radius 2 is 1.54 bits per heavy atom. The van der Waals surface area contributed by atoms with Gasteiger partial charge in [0.2, 0.25) is 11.8 Å². The van der Waals surface area contributed by atoms with E-state index >= 15 is 0 Å². The lowest BCUT2D eigenvalue weighted by atomic mass is 10.00. The minimum atomic E-state index is -1.19. The van der Waals surface area contributed by atoms with Gasteiger partial charge in [0.1, 0.15) is 6.04 Å². The molecule has 6 N–H and O–H groups in total. The molecule has 0 aliphatic heterocycles. The highest BCUT2D eigenvalue weighted by Crippen LogP contribution is 2.12. The third-order valence-corrected chi connectivity index (χ3v) is 5.46. The van der Waals surface area contributed by atoms with Gasteiger partial charge in [-0.15, -0.1) is 0 Å². The van der Waals surface area contributed by atoms with E-state index < -0.39 is 36.0 Å². The van der Waals surface area contributed by atoms with Gasteiger partial charge < -0.3 is 26.8 Å². The summed E-state index contributed by atoms with van der Waals surface area (Å²) in [6.45, 7) is 5.12. The van der Waals surface area contributed by atoms with Gasteiger partial charge in [0, 0.05) is 19.3 Å². The molecule has 0 aromatic heterocycles. The average Bonchev–Trinajstić information content (AvgIpc) is 2.83. The smallest absolute Gasteiger partial charge is 0.322 e. The molecule has 2 aromatic rings. The molecule has 0 fully saturated rings. The Labute approximate surface area is 207 Å². The van der Waals surface area contributed by atoms with E-state index in [1.54, 1.807) is 31.3 Å². The Bertz CT molecular complexity index is 939. The minimum Gasteiger partial charge on any atom is -0.390 e. The monoisotopic (exact) mass is 483 g/mol. The molecule has 0 spiro atoms. The summed E-state index contributed by atoms with van der Waals surface area (Å²) < 4.78 is 0. The third kappa shape index (κ3) is 9.76. The molecule has 3 atom stereocenters. The fraction of sp³-hybridized carbons (Fsp3) is 0.423. The highest BCUT2D eigenvalue weighted by atomic mass is 16.3. The predicted molar refractivity (Wildman–Crippen MR) is 137 cm³/mol. The van der Waals surface area contributed by atoms with Crippen molar-refractivity contribution in [1.82, 2.24) is 16.0 Å². The molecule has 0 aliphatic rings. The molecule has 3 unspecified atom stereocenters. The number of carbonyl (C=O) groups excluding carboxylic acids is 3. The van der Waals surface area contributed by atoms with Gasteiger partial charge in [-0.1, -0.05) is 62.4 Å². The van der Waals surface area contributed by atoms with Gasteiger partial charge in [-0.2, -0.15) is 0 Å². The first-order valence-corrected chi connectivity index (χ1v) is 11.8. The van der Waals surface area contributed by atoms with Crippen molar-refractivity contribution in [3.05, 3.63) is 66.2 Å². The first kappa shape index (κ1) is 27.8. The molecule has 9 heteroatoms. The molecule has 2 aromatic carbocycles. The number of nitrogens with one attached hydrogen (secondary N) is 3. The zero-order chi connectivity index (χ0) is 25.8. The van der Waals surface area contributed by atoms with Gasteiger partial charge in [0.25, 0.3) is 0 Å². The fourth-order valence-electron chi connectivity index (χ4n) is 3.52. The zero-order valence-corrected chi connectivity index (χ0v) is 20.6. The van der Waals surface area contributed by atoms with Crippen LogP contribution in [0.15, 0.2) is 60.7 Å². The normalized spacial score (nSPS) is 13.5. The van der Waals surface area contributed by atoms with Crippen molar-refractivity contribution >= 4 is 23.5 Å². The van der Waals surface area contributed by atoms with Crippen molar-refractivity contribution in [3.63, 3.8) is 0 Å². The van der Waals surface area contributed by atoms with Crippen LogP contribution in [-0.4, -0.2) is 61.3 Å². The molecule has 0 heterocycles. The number of para-hydroxylation sites is 1. The number of hydrogen-bond acceptors (Lipinski definition) is 5. The van der Waals surface area contributed by atoms with E-state index in [0.717, 1.165) is 12.1 Å². The van der Waals surface area contributed by atoms with Crippen molar-refractivity contribution in [3.8, 4) is 0 Å². The minimum absolute atomic E-state index is 0.277. The summed E-state index contributed by atoms with van der Waals surface area (Å²) in [5.74, 6) is -0.921. The summed E-state index contributed by atoms with van der Waals surface area (Å²) in [5, 5.41) is 19.5. The predicted octanol–water partition coefficient (Wildman–Crippen LogP) is 1.41. The zero-order valence-electron chi connectivity index (χ0n) is 20.6. The van der Waals surface area contributed by atoms with Crippen LogP contribution in [0.1, 0.15) is 25.8 Å². The van der Waals surface area contributed by atoms with Crippen LogP contribution in [0.2, 0.25) is 0 Å². The lowest BCUT2D eigenvalue weighted by Gasteiger charge is -2.28. The summed E-state index contributed by atoms with van der Waals surface area (Å²) in [5.41, 5.74) is 6.91. The molecule has 0 radical (unpaired) electrons. The Morgan fingerprint density at radius 3 is 2.11 bits per heavy atom. The Morgan fingerprint density at radius 1 is 0.943 bits per heavy atom. The molecular weight excluding hydrogens is 446 g/mol. The SMILES string of the molecule is CC(C)CNCC(O)C(Cc1ccccc1)NC(=O)C(CC(N)=O)NC(=O)N(C)c1ccccc1. The molecule has 35 heavy (non-hydrogen) atoms. The van der Waals surface area contributed by atoms with Gasteiger partial charge in [-0.05, 0) is 36.6 Å². The van der Waals surface area contributed by atoms with Crippen molar-refractivity contribution < 1.29 is 19.5 Å². The number of rotatable bonds is 13. The number of anilines is 1. The number of aliphatic hydroxyl groups excluding tert-OH is 1. The Balaban J connectivity index is 2.14. The fourth-order valence-corrected chi connectivity index (χ4v) is 3.52. The number of carbonyl (C=O) groups is 3. The average molecular weight is 484 g/mol. The van der Waals surface area contributed by atoms with Crippen LogP contribution in [0.3, 0.4) is 0 Å². The van der Waals surface area contributed by atoms with E-state index in [0.29, 0.717) is 18.0 Å². The van der Waals surface area contributed by atoms with Gasteiger partial charge >= 0.3 is 6.03 Å². The van der Waals surface area contributed by atoms with Crippen LogP contribution < -0.4 is 26.6 Å². The number of aliphatic hydroxyl groups is 1. The second kappa shape index (κ2) is 14.1. The van der Waals surface area contributed by atoms with E-state index in [2.05, 4.69) is 29.8 Å². The van der Waals surface area contributed by atoms with Crippen molar-refractivity contribution in [1.29, 1.82) is 0 Å². The molecule has 0 aliphatic carbocycles. The summed E-state index contributed by atoms with van der Waals surface area (Å²) in [6.07, 6.45) is -0.895. The maximum absolute atomic E-state index is 13.2. The first-order chi connectivity index (χ1) is 16.7. The van der Waals surface area contributed by atoms with Crippen LogP contribution in [0.5, 0.6) is 0 Å². The van der Waals surface area contributed by atoms with Crippen molar-refractivity contribution in [2.75, 3.05) is 25.0 Å². The second-order valence-electron chi connectivity index (χ2n) is 8.99. The molecule has 0 bridgehead atoms. The molecule has 9 nitrogen and oxygen atoms in total. The molecule has 2 rings (SSSR count). The molecule has 190 valence electrons. The van der Waals surface area contributed by atoms with Gasteiger partial charge in [-0.3, -0.25) is 14.5 Å². The first-order valence-electron chi connectivity index (χ1n) is 11.8. The van der Waals surface area contributed by atoms with E-state index in [4.69, 9.17) is 5.73 Å². The standard InChI is InChI=1S/C26H37N5O4/c1-18(2)16-28-17-23(32)21(14-19-10-6-4-7-11-19)29-25(34)22(15-24(27)33)30-26(35)31(3)20-12-8-5-9-13-20/h4-13,18,21-23,28,32H,14-17H2,1-3H3,(H2,27,33)(H,29,34)(H,30,35). The van der Waals surface area contributed by atoms with Crippen LogP contribution in [0, 0.1) is 5.92 Å². The highest BCUT2D eigenvalue weighted by Gasteiger charge is 2.29. The van der Waals surface area contributed by atoms with Gasteiger partial charge in [0.05, 0.1) is 18.6 Å². The van der Waals surface area contributed by atoms with Crippen LogP contribution in [-0.2, 0) is 16.0 Å². The molecule has 4 amide bonds. The largest absolute Gasteiger partial charge is 0.390 e. The van der Waals surface area contributed by atoms with E-state index in [1.165, 1.54) is 4.90 Å². The number of hydrogen-bond donors (Lipinski definition) is 5. The maximum atomic E-state index is 13.2. The number of benzene rings is 2. The number of nitrogens with zero attached hydrogens (tertiary/aromatic N) is 1. The topological polar surface area (TPSA) is 137 Å².